The Hall–Kier alpha value is -0.840. The van der Waals surface area contributed by atoms with Crippen molar-refractivity contribution in [1.82, 2.24) is 9.78 Å². The molecule has 0 atom stereocenters. The van der Waals surface area contributed by atoms with Gasteiger partial charge in [-0.25, -0.2) is 8.42 Å². The molecule has 0 aliphatic carbocycles. The summed E-state index contributed by atoms with van der Waals surface area (Å²) < 4.78 is 23.5. The molecule has 13 heavy (non-hydrogen) atoms. The number of rotatable bonds is 3. The van der Waals surface area contributed by atoms with Crippen molar-refractivity contribution in [2.75, 3.05) is 12.0 Å². The van der Waals surface area contributed by atoms with Gasteiger partial charge in [0.25, 0.3) is 0 Å². The van der Waals surface area contributed by atoms with Gasteiger partial charge in [-0.15, -0.1) is 0 Å². The largest absolute Gasteiger partial charge is 0.269 e. The van der Waals surface area contributed by atoms with E-state index in [0.717, 1.165) is 11.3 Å². The van der Waals surface area contributed by atoms with Crippen LogP contribution in [0.5, 0.6) is 0 Å². The molecule has 0 bridgehead atoms. The van der Waals surface area contributed by atoms with E-state index in [0.29, 0.717) is 6.54 Å². The third-order valence-electron chi connectivity index (χ3n) is 2.02. The Labute approximate surface area is 78.5 Å². The summed E-state index contributed by atoms with van der Waals surface area (Å²) in [6.45, 7) is 4.34. The van der Waals surface area contributed by atoms with Crippen molar-refractivity contribution in [3.05, 3.63) is 17.5 Å². The highest BCUT2D eigenvalue weighted by atomic mass is 32.2. The van der Waals surface area contributed by atoms with Crippen LogP contribution in [-0.2, 0) is 16.4 Å². The van der Waals surface area contributed by atoms with Crippen LogP contribution in [-0.4, -0.2) is 30.2 Å². The summed E-state index contributed by atoms with van der Waals surface area (Å²) in [6, 6.07) is 0. The molecule has 0 fully saturated rings. The minimum atomic E-state index is -2.89. The molecule has 0 radical (unpaired) electrons. The Morgan fingerprint density at radius 2 is 2.08 bits per heavy atom. The Morgan fingerprint density at radius 1 is 1.46 bits per heavy atom. The van der Waals surface area contributed by atoms with Crippen LogP contribution in [0, 0.1) is 13.8 Å². The molecule has 0 aliphatic rings. The van der Waals surface area contributed by atoms with Gasteiger partial charge in [0.1, 0.15) is 9.84 Å². The van der Waals surface area contributed by atoms with Gasteiger partial charge in [0.15, 0.2) is 0 Å². The van der Waals surface area contributed by atoms with Crippen LogP contribution in [0.15, 0.2) is 6.20 Å². The van der Waals surface area contributed by atoms with E-state index in [4.69, 9.17) is 0 Å². The lowest BCUT2D eigenvalue weighted by molar-refractivity contribution is 0.582. The van der Waals surface area contributed by atoms with Crippen molar-refractivity contribution < 1.29 is 8.42 Å². The van der Waals surface area contributed by atoms with Crippen molar-refractivity contribution in [2.45, 2.75) is 20.4 Å². The molecule has 4 nitrogen and oxygen atoms in total. The van der Waals surface area contributed by atoms with Gasteiger partial charge in [-0.3, -0.25) is 4.68 Å². The van der Waals surface area contributed by atoms with Crippen molar-refractivity contribution in [3.63, 3.8) is 0 Å². The number of sulfone groups is 1. The number of hydrogen-bond donors (Lipinski definition) is 0. The smallest absolute Gasteiger partial charge is 0.149 e. The Bertz CT molecular complexity index is 392. The maximum absolute atomic E-state index is 10.9. The van der Waals surface area contributed by atoms with E-state index in [1.54, 1.807) is 10.9 Å². The molecular weight excluding hydrogens is 188 g/mol. The molecule has 5 heteroatoms. The lowest BCUT2D eigenvalue weighted by atomic mass is 10.3. The average molecular weight is 202 g/mol. The monoisotopic (exact) mass is 202 g/mol. The van der Waals surface area contributed by atoms with Crippen LogP contribution in [0.3, 0.4) is 0 Å². The Balaban J connectivity index is 2.71. The van der Waals surface area contributed by atoms with Crippen LogP contribution >= 0.6 is 0 Å². The SMILES string of the molecule is Cc1cnn(CCS(C)(=O)=O)c1C. The minimum Gasteiger partial charge on any atom is -0.269 e. The van der Waals surface area contributed by atoms with Gasteiger partial charge in [0.2, 0.25) is 0 Å². The first-order valence-electron chi connectivity index (χ1n) is 4.07. The van der Waals surface area contributed by atoms with Crippen LogP contribution in [0.1, 0.15) is 11.3 Å². The third-order valence-corrected chi connectivity index (χ3v) is 2.95. The fraction of sp³-hybridized carbons (Fsp3) is 0.625. The molecular formula is C8H14N2O2S. The fourth-order valence-electron chi connectivity index (χ4n) is 1.02. The van der Waals surface area contributed by atoms with E-state index in [1.165, 1.54) is 6.26 Å². The van der Waals surface area contributed by atoms with Gasteiger partial charge in [-0.1, -0.05) is 0 Å². The van der Waals surface area contributed by atoms with Crippen molar-refractivity contribution >= 4 is 9.84 Å². The third kappa shape index (κ3) is 2.84. The van der Waals surface area contributed by atoms with Gasteiger partial charge in [-0.05, 0) is 19.4 Å². The van der Waals surface area contributed by atoms with E-state index < -0.39 is 9.84 Å². The predicted octanol–water partition coefficient (Wildman–Crippen LogP) is 0.545. The highest BCUT2D eigenvalue weighted by molar-refractivity contribution is 7.90. The quantitative estimate of drug-likeness (QED) is 0.719. The molecule has 0 spiro atoms. The molecule has 0 aliphatic heterocycles. The van der Waals surface area contributed by atoms with Crippen LogP contribution in [0.25, 0.3) is 0 Å². The molecule has 0 amide bonds. The summed E-state index contributed by atoms with van der Waals surface area (Å²) in [6.07, 6.45) is 2.98. The summed E-state index contributed by atoms with van der Waals surface area (Å²) in [5.41, 5.74) is 2.12. The van der Waals surface area contributed by atoms with Gasteiger partial charge >= 0.3 is 0 Å². The lowest BCUT2D eigenvalue weighted by Gasteiger charge is -2.02. The highest BCUT2D eigenvalue weighted by Crippen LogP contribution is 2.04. The van der Waals surface area contributed by atoms with Gasteiger partial charge in [0, 0.05) is 11.9 Å². The first-order valence-corrected chi connectivity index (χ1v) is 6.13. The topological polar surface area (TPSA) is 52.0 Å². The van der Waals surface area contributed by atoms with Gasteiger partial charge in [0.05, 0.1) is 18.5 Å². The standard InChI is InChI=1S/C8H14N2O2S/c1-7-6-9-10(8(7)2)4-5-13(3,11)12/h6H,4-5H2,1-3H3. The summed E-state index contributed by atoms with van der Waals surface area (Å²) in [4.78, 5) is 0. The van der Waals surface area contributed by atoms with Crippen LogP contribution in [0.2, 0.25) is 0 Å². The number of nitrogens with zero attached hydrogens (tertiary/aromatic N) is 2. The molecule has 1 heterocycles. The number of aromatic nitrogens is 2. The zero-order valence-corrected chi connectivity index (χ0v) is 8.93. The van der Waals surface area contributed by atoms with E-state index in [1.807, 2.05) is 13.8 Å². The van der Waals surface area contributed by atoms with E-state index >= 15 is 0 Å². The maximum Gasteiger partial charge on any atom is 0.149 e. The fourth-order valence-corrected chi connectivity index (χ4v) is 1.52. The predicted molar refractivity (Wildman–Crippen MR) is 51.4 cm³/mol. The summed E-state index contributed by atoms with van der Waals surface area (Å²) in [5.74, 6) is 0.148. The zero-order chi connectivity index (χ0) is 10.1. The zero-order valence-electron chi connectivity index (χ0n) is 8.11. The maximum atomic E-state index is 10.9. The molecule has 0 N–H and O–H groups in total. The van der Waals surface area contributed by atoms with Crippen LogP contribution < -0.4 is 0 Å². The molecule has 1 aromatic rings. The first-order chi connectivity index (χ1) is 5.90. The van der Waals surface area contributed by atoms with Crippen molar-refractivity contribution in [1.29, 1.82) is 0 Å². The molecule has 0 aromatic carbocycles. The minimum absolute atomic E-state index is 0.148. The number of hydrogen-bond acceptors (Lipinski definition) is 3. The normalized spacial score (nSPS) is 11.9. The van der Waals surface area contributed by atoms with Gasteiger partial charge in [-0.2, -0.15) is 5.10 Å². The van der Waals surface area contributed by atoms with E-state index in [9.17, 15) is 8.42 Å². The molecule has 0 saturated carbocycles. The molecule has 0 saturated heterocycles. The summed E-state index contributed by atoms with van der Waals surface area (Å²) in [7, 11) is -2.89. The Morgan fingerprint density at radius 3 is 2.46 bits per heavy atom. The summed E-state index contributed by atoms with van der Waals surface area (Å²) in [5, 5.41) is 4.07. The highest BCUT2D eigenvalue weighted by Gasteiger charge is 2.06. The average Bonchev–Trinajstić information content (AvgIpc) is 2.29. The molecule has 0 unspecified atom stereocenters. The number of aryl methyl sites for hydroxylation is 2. The molecule has 1 aromatic heterocycles. The summed E-state index contributed by atoms with van der Waals surface area (Å²) >= 11 is 0. The second-order valence-electron chi connectivity index (χ2n) is 3.27. The van der Waals surface area contributed by atoms with Crippen molar-refractivity contribution in [3.8, 4) is 0 Å². The first kappa shape index (κ1) is 10.2. The van der Waals surface area contributed by atoms with Crippen LogP contribution in [0.4, 0.5) is 0 Å². The second-order valence-corrected chi connectivity index (χ2v) is 5.53. The van der Waals surface area contributed by atoms with E-state index in [-0.39, 0.29) is 5.75 Å². The van der Waals surface area contributed by atoms with Gasteiger partial charge < -0.3 is 0 Å². The second kappa shape index (κ2) is 3.49. The lowest BCUT2D eigenvalue weighted by Crippen LogP contribution is -2.13. The Kier molecular flexibility index (Phi) is 2.75. The van der Waals surface area contributed by atoms with Crippen molar-refractivity contribution in [2.24, 2.45) is 0 Å². The molecule has 1 rings (SSSR count). The molecule has 74 valence electrons. The van der Waals surface area contributed by atoms with E-state index in [2.05, 4.69) is 5.10 Å².